The Labute approximate surface area is 165 Å². The van der Waals surface area contributed by atoms with E-state index in [1.165, 1.54) is 0 Å². The van der Waals surface area contributed by atoms with Gasteiger partial charge in [-0.15, -0.1) is 0 Å². The highest BCUT2D eigenvalue weighted by Crippen LogP contribution is 2.27. The maximum absolute atomic E-state index is 13.3. The molecule has 4 nitrogen and oxygen atoms in total. The summed E-state index contributed by atoms with van der Waals surface area (Å²) >= 11 is 0. The molecule has 3 aromatic rings. The van der Waals surface area contributed by atoms with Gasteiger partial charge in [0.1, 0.15) is 0 Å². The number of rotatable bonds is 5. The number of anilines is 2. The first-order chi connectivity index (χ1) is 13.8. The average Bonchev–Trinajstić information content (AvgIpc) is 2.76. The fourth-order valence-electron chi connectivity index (χ4n) is 3.60. The summed E-state index contributed by atoms with van der Waals surface area (Å²) in [5.74, 6) is -0.383. The molecule has 1 aliphatic rings. The van der Waals surface area contributed by atoms with E-state index in [4.69, 9.17) is 4.74 Å². The Morgan fingerprint density at radius 2 is 1.43 bits per heavy atom. The number of morpholine rings is 1. The first kappa shape index (κ1) is 18.3. The van der Waals surface area contributed by atoms with Gasteiger partial charge >= 0.3 is 0 Å². The third-order valence-corrected chi connectivity index (χ3v) is 5.02. The molecule has 0 aromatic heterocycles. The number of carbonyl (C=O) groups excluding carboxylic acids is 1. The largest absolute Gasteiger partial charge is 0.378 e. The molecule has 1 heterocycles. The van der Waals surface area contributed by atoms with Gasteiger partial charge in [0.25, 0.3) is 0 Å². The van der Waals surface area contributed by atoms with E-state index in [0.717, 1.165) is 48.8 Å². The molecule has 0 bridgehead atoms. The highest BCUT2D eigenvalue weighted by Gasteiger charge is 2.23. The van der Waals surface area contributed by atoms with Crippen LogP contribution in [0.2, 0.25) is 0 Å². The maximum Gasteiger partial charge on any atom is 0.236 e. The zero-order chi connectivity index (χ0) is 19.2. The smallest absolute Gasteiger partial charge is 0.236 e. The molecule has 1 N–H and O–H groups in total. The first-order valence-electron chi connectivity index (χ1n) is 9.65. The van der Waals surface area contributed by atoms with Crippen LogP contribution in [0.3, 0.4) is 0 Å². The molecule has 3 aromatic carbocycles. The molecule has 0 unspecified atom stereocenters. The van der Waals surface area contributed by atoms with Gasteiger partial charge in [0, 0.05) is 24.5 Å². The number of hydrogen-bond acceptors (Lipinski definition) is 3. The third kappa shape index (κ3) is 4.24. The van der Waals surface area contributed by atoms with Gasteiger partial charge in [0.05, 0.1) is 19.1 Å². The van der Waals surface area contributed by atoms with Gasteiger partial charge < -0.3 is 15.0 Å². The van der Waals surface area contributed by atoms with Crippen LogP contribution in [0, 0.1) is 0 Å². The molecule has 1 aliphatic heterocycles. The zero-order valence-corrected chi connectivity index (χ0v) is 15.8. The minimum absolute atomic E-state index is 0.0310. The van der Waals surface area contributed by atoms with Crippen LogP contribution in [0.15, 0.2) is 84.9 Å². The third-order valence-electron chi connectivity index (χ3n) is 5.02. The lowest BCUT2D eigenvalue weighted by Gasteiger charge is -2.29. The summed E-state index contributed by atoms with van der Waals surface area (Å²) in [5.41, 5.74) is 3.88. The van der Waals surface area contributed by atoms with Crippen molar-refractivity contribution >= 4 is 17.3 Å². The fourth-order valence-corrected chi connectivity index (χ4v) is 3.60. The number of carbonyl (C=O) groups is 1. The molecule has 28 heavy (non-hydrogen) atoms. The van der Waals surface area contributed by atoms with Crippen LogP contribution in [-0.2, 0) is 9.53 Å². The van der Waals surface area contributed by atoms with Crippen molar-refractivity contribution in [2.24, 2.45) is 0 Å². The molecule has 142 valence electrons. The van der Waals surface area contributed by atoms with Crippen LogP contribution in [0.5, 0.6) is 0 Å². The lowest BCUT2D eigenvalue weighted by atomic mass is 9.90. The van der Waals surface area contributed by atoms with E-state index in [-0.39, 0.29) is 11.8 Å². The minimum Gasteiger partial charge on any atom is -0.378 e. The maximum atomic E-state index is 13.3. The van der Waals surface area contributed by atoms with E-state index >= 15 is 0 Å². The van der Waals surface area contributed by atoms with E-state index < -0.39 is 0 Å². The monoisotopic (exact) mass is 372 g/mol. The summed E-state index contributed by atoms with van der Waals surface area (Å²) < 4.78 is 5.43. The predicted octanol–water partition coefficient (Wildman–Crippen LogP) is 4.29. The number of ether oxygens (including phenoxy) is 1. The van der Waals surface area contributed by atoms with Gasteiger partial charge in [-0.25, -0.2) is 0 Å². The highest BCUT2D eigenvalue weighted by molar-refractivity contribution is 5.98. The van der Waals surface area contributed by atoms with Gasteiger partial charge in [0.2, 0.25) is 5.91 Å². The highest BCUT2D eigenvalue weighted by atomic mass is 16.5. The van der Waals surface area contributed by atoms with Crippen molar-refractivity contribution in [3.63, 3.8) is 0 Å². The van der Waals surface area contributed by atoms with E-state index in [9.17, 15) is 4.79 Å². The van der Waals surface area contributed by atoms with Crippen molar-refractivity contribution in [1.29, 1.82) is 0 Å². The minimum atomic E-state index is -0.352. The second-order valence-electron chi connectivity index (χ2n) is 6.89. The van der Waals surface area contributed by atoms with E-state index in [2.05, 4.69) is 16.3 Å². The van der Waals surface area contributed by atoms with Crippen molar-refractivity contribution in [2.75, 3.05) is 36.5 Å². The molecule has 1 amide bonds. The Morgan fingerprint density at radius 1 is 0.821 bits per heavy atom. The first-order valence-corrected chi connectivity index (χ1v) is 9.65. The number of hydrogen-bond donors (Lipinski definition) is 1. The second kappa shape index (κ2) is 8.72. The van der Waals surface area contributed by atoms with Gasteiger partial charge in [-0.1, -0.05) is 66.7 Å². The lowest BCUT2D eigenvalue weighted by molar-refractivity contribution is -0.116. The van der Waals surface area contributed by atoms with Gasteiger partial charge in [-0.05, 0) is 29.3 Å². The Morgan fingerprint density at radius 3 is 2.04 bits per heavy atom. The Balaban J connectivity index is 1.58. The van der Waals surface area contributed by atoms with Crippen molar-refractivity contribution < 1.29 is 9.53 Å². The van der Waals surface area contributed by atoms with Gasteiger partial charge in [-0.2, -0.15) is 0 Å². The van der Waals surface area contributed by atoms with Crippen LogP contribution in [0.25, 0.3) is 0 Å². The molecule has 4 rings (SSSR count). The molecule has 4 heteroatoms. The standard InChI is InChI=1S/C24H24N2O2/c27-24(23(19-8-3-1-4-9-19)20-10-5-2-6-11-20)25-21-12-7-13-22(18-21)26-14-16-28-17-15-26/h1-13,18,23H,14-17H2,(H,25,27). The molecular weight excluding hydrogens is 348 g/mol. The summed E-state index contributed by atoms with van der Waals surface area (Å²) in [6, 6.07) is 27.9. The molecule has 0 atom stereocenters. The number of amides is 1. The fraction of sp³-hybridized carbons (Fsp3) is 0.208. The summed E-state index contributed by atoms with van der Waals surface area (Å²) in [5, 5.41) is 3.12. The van der Waals surface area contributed by atoms with Crippen molar-refractivity contribution in [1.82, 2.24) is 0 Å². The SMILES string of the molecule is O=C(Nc1cccc(N2CCOCC2)c1)C(c1ccccc1)c1ccccc1. The Hall–Kier alpha value is -3.11. The van der Waals surface area contributed by atoms with Crippen LogP contribution in [0.1, 0.15) is 17.0 Å². The molecule has 1 fully saturated rings. The predicted molar refractivity (Wildman–Crippen MR) is 113 cm³/mol. The van der Waals surface area contributed by atoms with E-state index in [1.807, 2.05) is 78.9 Å². The van der Waals surface area contributed by atoms with Gasteiger partial charge in [-0.3, -0.25) is 4.79 Å². The van der Waals surface area contributed by atoms with Crippen LogP contribution >= 0.6 is 0 Å². The van der Waals surface area contributed by atoms with Crippen LogP contribution in [0.4, 0.5) is 11.4 Å². The molecular formula is C24H24N2O2. The normalized spacial score (nSPS) is 14.1. The zero-order valence-electron chi connectivity index (χ0n) is 15.8. The molecule has 0 saturated carbocycles. The van der Waals surface area contributed by atoms with Crippen molar-refractivity contribution in [3.05, 3.63) is 96.1 Å². The van der Waals surface area contributed by atoms with Crippen LogP contribution in [-0.4, -0.2) is 32.2 Å². The Bertz CT molecular complexity index is 867. The van der Waals surface area contributed by atoms with Crippen molar-refractivity contribution in [3.8, 4) is 0 Å². The average molecular weight is 372 g/mol. The molecule has 0 radical (unpaired) electrons. The topological polar surface area (TPSA) is 41.6 Å². The van der Waals surface area contributed by atoms with Gasteiger partial charge in [0.15, 0.2) is 0 Å². The second-order valence-corrected chi connectivity index (χ2v) is 6.89. The summed E-state index contributed by atoms with van der Waals surface area (Å²) in [6.07, 6.45) is 0. The van der Waals surface area contributed by atoms with E-state index in [1.54, 1.807) is 0 Å². The summed E-state index contributed by atoms with van der Waals surface area (Å²) in [4.78, 5) is 15.5. The number of nitrogens with zero attached hydrogens (tertiary/aromatic N) is 1. The molecule has 1 saturated heterocycles. The summed E-state index contributed by atoms with van der Waals surface area (Å²) in [6.45, 7) is 3.21. The van der Waals surface area contributed by atoms with Crippen LogP contribution < -0.4 is 10.2 Å². The number of benzene rings is 3. The van der Waals surface area contributed by atoms with E-state index in [0.29, 0.717) is 0 Å². The lowest BCUT2D eigenvalue weighted by Crippen LogP contribution is -2.36. The summed E-state index contributed by atoms with van der Waals surface area (Å²) in [7, 11) is 0. The number of nitrogens with one attached hydrogen (secondary N) is 1. The molecule has 0 spiro atoms. The molecule has 0 aliphatic carbocycles. The van der Waals surface area contributed by atoms with Crippen molar-refractivity contribution in [2.45, 2.75) is 5.92 Å². The Kier molecular flexibility index (Phi) is 5.69. The quantitative estimate of drug-likeness (QED) is 0.726.